The van der Waals surface area contributed by atoms with E-state index in [1.165, 1.54) is 22.5 Å². The Morgan fingerprint density at radius 1 is 1.15 bits per heavy atom. The van der Waals surface area contributed by atoms with Crippen molar-refractivity contribution in [1.29, 1.82) is 0 Å². The van der Waals surface area contributed by atoms with Crippen LogP contribution in [0.1, 0.15) is 60.3 Å². The zero-order valence-electron chi connectivity index (χ0n) is 13.0. The van der Waals surface area contributed by atoms with Crippen LogP contribution in [0.2, 0.25) is 0 Å². The predicted octanol–water partition coefficient (Wildman–Crippen LogP) is 5.45. The SMILES string of the molecule is CCC(C)c1ccc(NC(C)c2sc(C)nc2C)cc1. The first-order valence-electron chi connectivity index (χ1n) is 7.31. The van der Waals surface area contributed by atoms with Gasteiger partial charge in [-0.1, -0.05) is 26.0 Å². The van der Waals surface area contributed by atoms with E-state index in [0.717, 1.165) is 10.7 Å². The molecule has 2 atom stereocenters. The van der Waals surface area contributed by atoms with Crippen LogP contribution in [0.4, 0.5) is 5.69 Å². The molecule has 2 aromatic rings. The van der Waals surface area contributed by atoms with Gasteiger partial charge in [0.1, 0.15) is 0 Å². The second kappa shape index (κ2) is 6.40. The van der Waals surface area contributed by atoms with Gasteiger partial charge < -0.3 is 5.32 Å². The number of aromatic nitrogens is 1. The Morgan fingerprint density at radius 3 is 2.30 bits per heavy atom. The minimum Gasteiger partial charge on any atom is -0.378 e. The van der Waals surface area contributed by atoms with Crippen molar-refractivity contribution in [2.75, 3.05) is 5.32 Å². The second-order valence-electron chi connectivity index (χ2n) is 5.48. The van der Waals surface area contributed by atoms with Crippen molar-refractivity contribution in [1.82, 2.24) is 4.98 Å². The summed E-state index contributed by atoms with van der Waals surface area (Å²) in [6.45, 7) is 10.8. The average molecular weight is 288 g/mol. The van der Waals surface area contributed by atoms with Crippen molar-refractivity contribution in [2.24, 2.45) is 0 Å². The fraction of sp³-hybridized carbons (Fsp3) is 0.471. The van der Waals surface area contributed by atoms with Crippen LogP contribution < -0.4 is 5.32 Å². The molecule has 2 rings (SSSR count). The van der Waals surface area contributed by atoms with E-state index < -0.39 is 0 Å². The van der Waals surface area contributed by atoms with Crippen LogP contribution in [0.15, 0.2) is 24.3 Å². The number of anilines is 1. The Kier molecular flexibility index (Phi) is 4.81. The number of nitrogens with zero attached hydrogens (tertiary/aromatic N) is 1. The van der Waals surface area contributed by atoms with Gasteiger partial charge in [0.05, 0.1) is 16.7 Å². The Hall–Kier alpha value is -1.35. The Morgan fingerprint density at radius 2 is 1.80 bits per heavy atom. The summed E-state index contributed by atoms with van der Waals surface area (Å²) in [7, 11) is 0. The van der Waals surface area contributed by atoms with Crippen LogP contribution in [0.3, 0.4) is 0 Å². The Bertz CT molecular complexity index is 557. The van der Waals surface area contributed by atoms with Gasteiger partial charge >= 0.3 is 0 Å². The highest BCUT2D eigenvalue weighted by molar-refractivity contribution is 7.11. The van der Waals surface area contributed by atoms with Gasteiger partial charge in [0.15, 0.2) is 0 Å². The van der Waals surface area contributed by atoms with Crippen molar-refractivity contribution < 1.29 is 0 Å². The molecule has 0 aliphatic heterocycles. The lowest BCUT2D eigenvalue weighted by molar-refractivity contribution is 0.733. The zero-order valence-corrected chi connectivity index (χ0v) is 13.8. The van der Waals surface area contributed by atoms with E-state index in [9.17, 15) is 0 Å². The van der Waals surface area contributed by atoms with Gasteiger partial charge in [-0.25, -0.2) is 4.98 Å². The summed E-state index contributed by atoms with van der Waals surface area (Å²) in [6, 6.07) is 9.13. The van der Waals surface area contributed by atoms with Crippen molar-refractivity contribution in [3.05, 3.63) is 45.4 Å². The first-order chi connectivity index (χ1) is 9.51. The van der Waals surface area contributed by atoms with Crippen LogP contribution >= 0.6 is 11.3 Å². The van der Waals surface area contributed by atoms with E-state index in [4.69, 9.17) is 0 Å². The maximum atomic E-state index is 4.50. The van der Waals surface area contributed by atoms with E-state index in [-0.39, 0.29) is 0 Å². The summed E-state index contributed by atoms with van der Waals surface area (Å²) in [5.41, 5.74) is 3.73. The number of thiazole rings is 1. The molecule has 0 fully saturated rings. The van der Waals surface area contributed by atoms with Gasteiger partial charge in [0.2, 0.25) is 0 Å². The smallest absolute Gasteiger partial charge is 0.0900 e. The van der Waals surface area contributed by atoms with E-state index >= 15 is 0 Å². The molecule has 1 N–H and O–H groups in total. The summed E-state index contributed by atoms with van der Waals surface area (Å²) in [4.78, 5) is 5.83. The number of aryl methyl sites for hydroxylation is 2. The van der Waals surface area contributed by atoms with Gasteiger partial charge in [0, 0.05) is 10.6 Å². The molecule has 0 amide bonds. The van der Waals surface area contributed by atoms with Gasteiger partial charge in [-0.15, -0.1) is 11.3 Å². The van der Waals surface area contributed by atoms with E-state index in [2.05, 4.69) is 69.2 Å². The third-order valence-electron chi connectivity index (χ3n) is 3.81. The lowest BCUT2D eigenvalue weighted by Crippen LogP contribution is -2.06. The lowest BCUT2D eigenvalue weighted by Gasteiger charge is -2.16. The largest absolute Gasteiger partial charge is 0.378 e. The molecule has 1 aromatic heterocycles. The van der Waals surface area contributed by atoms with Crippen LogP contribution in [0.25, 0.3) is 0 Å². The summed E-state index contributed by atoms with van der Waals surface area (Å²) in [6.07, 6.45) is 1.18. The molecule has 0 bridgehead atoms. The van der Waals surface area contributed by atoms with Crippen LogP contribution in [-0.4, -0.2) is 4.98 Å². The average Bonchev–Trinajstić information content (AvgIpc) is 2.78. The molecule has 0 spiro atoms. The van der Waals surface area contributed by atoms with E-state index in [1.807, 2.05) is 0 Å². The number of nitrogens with one attached hydrogen (secondary N) is 1. The molecule has 1 aromatic carbocycles. The summed E-state index contributed by atoms with van der Waals surface area (Å²) >= 11 is 1.78. The van der Waals surface area contributed by atoms with Crippen molar-refractivity contribution >= 4 is 17.0 Å². The minimum absolute atomic E-state index is 0.302. The number of hydrogen-bond acceptors (Lipinski definition) is 3. The standard InChI is InChI=1S/C17H24N2S/c1-6-11(2)15-7-9-16(10-8-15)19-13(4)17-12(3)18-14(5)20-17/h7-11,13,19H,6H2,1-5H3. The fourth-order valence-electron chi connectivity index (χ4n) is 2.41. The molecule has 0 aliphatic rings. The highest BCUT2D eigenvalue weighted by Crippen LogP contribution is 2.28. The van der Waals surface area contributed by atoms with Crippen molar-refractivity contribution in [3.63, 3.8) is 0 Å². The number of benzene rings is 1. The number of hydrogen-bond donors (Lipinski definition) is 1. The molecular formula is C17H24N2S. The predicted molar refractivity (Wildman–Crippen MR) is 88.8 cm³/mol. The molecule has 108 valence electrons. The molecular weight excluding hydrogens is 264 g/mol. The summed E-state index contributed by atoms with van der Waals surface area (Å²) < 4.78 is 0. The van der Waals surface area contributed by atoms with Crippen LogP contribution in [0, 0.1) is 13.8 Å². The maximum absolute atomic E-state index is 4.50. The topological polar surface area (TPSA) is 24.9 Å². The Labute approximate surface area is 126 Å². The molecule has 0 saturated heterocycles. The highest BCUT2D eigenvalue weighted by Gasteiger charge is 2.12. The monoisotopic (exact) mass is 288 g/mol. The summed E-state index contributed by atoms with van der Waals surface area (Å²) in [5, 5.41) is 4.70. The maximum Gasteiger partial charge on any atom is 0.0900 e. The van der Waals surface area contributed by atoms with Crippen LogP contribution in [0.5, 0.6) is 0 Å². The molecule has 3 heteroatoms. The molecule has 2 unspecified atom stereocenters. The molecule has 20 heavy (non-hydrogen) atoms. The van der Waals surface area contributed by atoms with Gasteiger partial charge in [-0.05, 0) is 50.8 Å². The van der Waals surface area contributed by atoms with Crippen molar-refractivity contribution in [3.8, 4) is 0 Å². The first-order valence-corrected chi connectivity index (χ1v) is 8.13. The number of rotatable bonds is 5. The van der Waals surface area contributed by atoms with Crippen molar-refractivity contribution in [2.45, 2.75) is 53.0 Å². The zero-order chi connectivity index (χ0) is 14.7. The quantitative estimate of drug-likeness (QED) is 0.791. The van der Waals surface area contributed by atoms with Gasteiger partial charge in [-0.3, -0.25) is 0 Å². The minimum atomic E-state index is 0.302. The third kappa shape index (κ3) is 3.40. The molecule has 1 heterocycles. The van der Waals surface area contributed by atoms with E-state index in [0.29, 0.717) is 12.0 Å². The molecule has 0 radical (unpaired) electrons. The Balaban J connectivity index is 2.08. The molecule has 2 nitrogen and oxygen atoms in total. The van der Waals surface area contributed by atoms with Gasteiger partial charge in [0.25, 0.3) is 0 Å². The molecule has 0 aliphatic carbocycles. The highest BCUT2D eigenvalue weighted by atomic mass is 32.1. The fourth-order valence-corrected chi connectivity index (χ4v) is 3.34. The lowest BCUT2D eigenvalue weighted by atomic mass is 9.98. The second-order valence-corrected chi connectivity index (χ2v) is 6.71. The molecule has 0 saturated carbocycles. The van der Waals surface area contributed by atoms with Crippen LogP contribution in [-0.2, 0) is 0 Å². The summed E-state index contributed by atoms with van der Waals surface area (Å²) in [5.74, 6) is 0.632. The first kappa shape index (κ1) is 15.0. The van der Waals surface area contributed by atoms with E-state index in [1.54, 1.807) is 11.3 Å². The third-order valence-corrected chi connectivity index (χ3v) is 5.06. The normalized spacial score (nSPS) is 14.1. The van der Waals surface area contributed by atoms with Gasteiger partial charge in [-0.2, -0.15) is 0 Å².